The van der Waals surface area contributed by atoms with Gasteiger partial charge in [0.15, 0.2) is 11.6 Å². The summed E-state index contributed by atoms with van der Waals surface area (Å²) in [7, 11) is 0. The molecule has 0 aliphatic heterocycles. The lowest BCUT2D eigenvalue weighted by molar-refractivity contribution is 0.0528. The molecule has 0 unspecified atom stereocenters. The summed E-state index contributed by atoms with van der Waals surface area (Å²) in [5.41, 5.74) is 2.75. The number of benzene rings is 2. The van der Waals surface area contributed by atoms with Crippen molar-refractivity contribution in [2.24, 2.45) is 10.9 Å². The van der Waals surface area contributed by atoms with E-state index < -0.39 is 11.9 Å². The lowest BCUT2D eigenvalue weighted by Crippen LogP contribution is -2.16. The molecular formula is C23H17NO4S. The van der Waals surface area contributed by atoms with Crippen LogP contribution in [-0.4, -0.2) is 30.4 Å². The van der Waals surface area contributed by atoms with E-state index in [1.54, 1.807) is 31.2 Å². The van der Waals surface area contributed by atoms with Gasteiger partial charge in [0.25, 0.3) is 0 Å². The number of carbonyl (C=O) groups excluding carboxylic acids is 3. The van der Waals surface area contributed by atoms with Crippen LogP contribution in [0.1, 0.15) is 38.0 Å². The molecular weight excluding hydrogens is 386 g/mol. The van der Waals surface area contributed by atoms with Gasteiger partial charge < -0.3 is 4.74 Å². The standard InChI is InChI=1S/C23H17NO4S/c1-2-28-23(27)19-18(14-8-4-3-5-9-14)13-29-22(19)24-12-17-20(25)15-10-6-7-11-16(15)21(17)26/h3-13,17H,2H2,1H3. The molecule has 0 atom stereocenters. The summed E-state index contributed by atoms with van der Waals surface area (Å²) in [6.07, 6.45) is 1.34. The molecule has 4 rings (SSSR count). The van der Waals surface area contributed by atoms with Crippen LogP contribution in [-0.2, 0) is 4.74 Å². The summed E-state index contributed by atoms with van der Waals surface area (Å²) >= 11 is 1.27. The minimum absolute atomic E-state index is 0.237. The van der Waals surface area contributed by atoms with E-state index in [0.717, 1.165) is 5.56 Å². The van der Waals surface area contributed by atoms with E-state index in [1.165, 1.54) is 17.6 Å². The van der Waals surface area contributed by atoms with Crippen molar-refractivity contribution in [2.45, 2.75) is 6.92 Å². The van der Waals surface area contributed by atoms with Crippen LogP contribution in [0.2, 0.25) is 0 Å². The molecule has 1 aromatic heterocycles. The summed E-state index contributed by atoms with van der Waals surface area (Å²) in [5.74, 6) is -1.99. The monoisotopic (exact) mass is 403 g/mol. The van der Waals surface area contributed by atoms with E-state index >= 15 is 0 Å². The molecule has 0 saturated carbocycles. The number of esters is 1. The first-order valence-electron chi connectivity index (χ1n) is 9.17. The van der Waals surface area contributed by atoms with Crippen LogP contribution < -0.4 is 0 Å². The fraction of sp³-hybridized carbons (Fsp3) is 0.130. The number of nitrogens with zero attached hydrogens (tertiary/aromatic N) is 1. The number of Topliss-reactive ketones (excluding diaryl/α,β-unsaturated/α-hetero) is 2. The number of ketones is 2. The number of hydrogen-bond donors (Lipinski definition) is 0. The van der Waals surface area contributed by atoms with Crippen molar-refractivity contribution >= 4 is 40.1 Å². The first-order valence-corrected chi connectivity index (χ1v) is 10.1. The smallest absolute Gasteiger partial charge is 0.341 e. The average Bonchev–Trinajstić information content (AvgIpc) is 3.27. The van der Waals surface area contributed by atoms with E-state index in [4.69, 9.17) is 4.74 Å². The van der Waals surface area contributed by atoms with Crippen LogP contribution in [0.4, 0.5) is 5.00 Å². The van der Waals surface area contributed by atoms with Crippen molar-refractivity contribution in [3.05, 3.63) is 76.7 Å². The topological polar surface area (TPSA) is 72.8 Å². The number of carbonyl (C=O) groups is 3. The molecule has 0 amide bonds. The maximum absolute atomic E-state index is 12.6. The number of fused-ring (bicyclic) bond motifs is 1. The molecule has 29 heavy (non-hydrogen) atoms. The molecule has 1 aliphatic carbocycles. The zero-order valence-corrected chi connectivity index (χ0v) is 16.4. The third-order valence-electron chi connectivity index (χ3n) is 4.70. The second-order valence-electron chi connectivity index (χ2n) is 6.45. The van der Waals surface area contributed by atoms with Crippen LogP contribution in [0, 0.1) is 5.92 Å². The molecule has 0 bridgehead atoms. The molecule has 1 heterocycles. The Morgan fingerprint density at radius 1 is 1.00 bits per heavy atom. The first kappa shape index (κ1) is 19.0. The summed E-state index contributed by atoms with van der Waals surface area (Å²) in [5, 5.41) is 2.25. The van der Waals surface area contributed by atoms with Crippen LogP contribution in [0.3, 0.4) is 0 Å². The summed E-state index contributed by atoms with van der Waals surface area (Å²) in [6, 6.07) is 16.2. The Morgan fingerprint density at radius 2 is 1.62 bits per heavy atom. The summed E-state index contributed by atoms with van der Waals surface area (Å²) < 4.78 is 5.21. The number of rotatable bonds is 5. The molecule has 3 aromatic rings. The highest BCUT2D eigenvalue weighted by Crippen LogP contribution is 2.38. The molecule has 0 fully saturated rings. The maximum atomic E-state index is 12.6. The van der Waals surface area contributed by atoms with Crippen molar-refractivity contribution < 1.29 is 19.1 Å². The predicted octanol–water partition coefficient (Wildman–Crippen LogP) is 4.99. The first-order chi connectivity index (χ1) is 14.1. The van der Waals surface area contributed by atoms with Crippen molar-refractivity contribution in [1.29, 1.82) is 0 Å². The number of ether oxygens (including phenoxy) is 1. The lowest BCUT2D eigenvalue weighted by Gasteiger charge is -2.06. The molecule has 5 nitrogen and oxygen atoms in total. The second-order valence-corrected chi connectivity index (χ2v) is 7.30. The van der Waals surface area contributed by atoms with Gasteiger partial charge >= 0.3 is 5.97 Å². The molecule has 0 spiro atoms. The van der Waals surface area contributed by atoms with Crippen molar-refractivity contribution in [2.75, 3.05) is 6.61 Å². The van der Waals surface area contributed by atoms with Crippen molar-refractivity contribution in [3.63, 3.8) is 0 Å². The van der Waals surface area contributed by atoms with Crippen LogP contribution in [0.25, 0.3) is 11.1 Å². The third-order valence-corrected chi connectivity index (χ3v) is 5.59. The van der Waals surface area contributed by atoms with Gasteiger partial charge in [-0.15, -0.1) is 11.3 Å². The van der Waals surface area contributed by atoms with Gasteiger partial charge in [0.1, 0.15) is 16.5 Å². The second kappa shape index (κ2) is 7.93. The highest BCUT2D eigenvalue weighted by atomic mass is 32.1. The van der Waals surface area contributed by atoms with Gasteiger partial charge in [0, 0.05) is 28.3 Å². The Kier molecular flexibility index (Phi) is 5.18. The minimum Gasteiger partial charge on any atom is -0.462 e. The van der Waals surface area contributed by atoms with Gasteiger partial charge in [-0.25, -0.2) is 9.79 Å². The molecule has 0 saturated heterocycles. The SMILES string of the molecule is CCOC(=O)c1c(-c2ccccc2)csc1N=CC1C(=O)c2ccccc2C1=O. The van der Waals surface area contributed by atoms with Crippen LogP contribution in [0.15, 0.2) is 65.0 Å². The van der Waals surface area contributed by atoms with E-state index in [9.17, 15) is 14.4 Å². The third kappa shape index (κ3) is 3.43. The van der Waals surface area contributed by atoms with Crippen molar-refractivity contribution in [3.8, 4) is 11.1 Å². The zero-order valence-electron chi connectivity index (χ0n) is 15.6. The largest absolute Gasteiger partial charge is 0.462 e. The molecule has 0 N–H and O–H groups in total. The van der Waals surface area contributed by atoms with Gasteiger partial charge in [0.2, 0.25) is 0 Å². The predicted molar refractivity (Wildman–Crippen MR) is 112 cm³/mol. The fourth-order valence-corrected chi connectivity index (χ4v) is 4.23. The van der Waals surface area contributed by atoms with Crippen molar-refractivity contribution in [1.82, 2.24) is 0 Å². The maximum Gasteiger partial charge on any atom is 0.341 e. The van der Waals surface area contributed by atoms with E-state index in [2.05, 4.69) is 4.99 Å². The Balaban J connectivity index is 1.71. The number of thiophene rings is 1. The molecule has 144 valence electrons. The fourth-order valence-electron chi connectivity index (χ4n) is 3.32. The normalized spacial score (nSPS) is 13.8. The highest BCUT2D eigenvalue weighted by molar-refractivity contribution is 7.14. The average molecular weight is 403 g/mol. The Bertz CT molecular complexity index is 1100. The molecule has 2 aromatic carbocycles. The van der Waals surface area contributed by atoms with Crippen LogP contribution >= 0.6 is 11.3 Å². The zero-order chi connectivity index (χ0) is 20.4. The Morgan fingerprint density at radius 3 is 2.24 bits per heavy atom. The number of hydrogen-bond acceptors (Lipinski definition) is 6. The van der Waals surface area contributed by atoms with Gasteiger partial charge in [-0.1, -0.05) is 54.6 Å². The number of aliphatic imine (C=N–C) groups is 1. The van der Waals surface area contributed by atoms with Gasteiger partial charge in [-0.05, 0) is 12.5 Å². The van der Waals surface area contributed by atoms with Gasteiger partial charge in [0.05, 0.1) is 6.61 Å². The highest BCUT2D eigenvalue weighted by Gasteiger charge is 2.37. The Hall–Kier alpha value is -3.38. The lowest BCUT2D eigenvalue weighted by atomic mass is 10.0. The summed E-state index contributed by atoms with van der Waals surface area (Å²) in [6.45, 7) is 1.98. The van der Waals surface area contributed by atoms with Crippen LogP contribution in [0.5, 0.6) is 0 Å². The molecule has 1 aliphatic rings. The van der Waals surface area contributed by atoms with E-state index in [1.807, 2.05) is 35.7 Å². The van der Waals surface area contributed by atoms with E-state index in [0.29, 0.717) is 27.3 Å². The molecule has 0 radical (unpaired) electrons. The minimum atomic E-state index is -0.968. The van der Waals surface area contributed by atoms with E-state index in [-0.39, 0.29) is 18.2 Å². The quantitative estimate of drug-likeness (QED) is 0.342. The Labute approximate surface area is 171 Å². The van der Waals surface area contributed by atoms with Gasteiger partial charge in [-0.3, -0.25) is 9.59 Å². The molecule has 6 heteroatoms. The van der Waals surface area contributed by atoms with Gasteiger partial charge in [-0.2, -0.15) is 0 Å². The summed E-state index contributed by atoms with van der Waals surface area (Å²) in [4.78, 5) is 42.1.